The minimum absolute atomic E-state index is 0.0273. The summed E-state index contributed by atoms with van der Waals surface area (Å²) >= 11 is 0. The van der Waals surface area contributed by atoms with E-state index in [4.69, 9.17) is 56.8 Å². The third-order valence-electron chi connectivity index (χ3n) is 20.6. The van der Waals surface area contributed by atoms with Crippen LogP contribution in [0.15, 0.2) is 303 Å². The summed E-state index contributed by atoms with van der Waals surface area (Å²) in [6.45, 7) is -0.205. The van der Waals surface area contributed by atoms with Crippen LogP contribution in [0.5, 0.6) is 69.0 Å². The Morgan fingerprint density at radius 3 is 0.448 bits per heavy atom. The normalized spacial score (nSPS) is 10.9. The lowest BCUT2D eigenvalue weighted by atomic mass is 10.1. The fourth-order valence-electron chi connectivity index (χ4n) is 13.4. The lowest BCUT2D eigenvalue weighted by Crippen LogP contribution is -2.04. The highest BCUT2D eigenvalue weighted by Gasteiger charge is 2.20. The molecule has 134 heavy (non-hydrogen) atoms. The summed E-state index contributed by atoms with van der Waals surface area (Å²) in [5.41, 5.74) is 9.57. The molecule has 14 aromatic rings. The number of carboxylic acid groups (broad SMARTS) is 8. The van der Waals surface area contributed by atoms with E-state index in [9.17, 15) is 79.2 Å². The molecule has 14 rings (SSSR count). The first-order valence-electron chi connectivity index (χ1n) is 41.5. The van der Waals surface area contributed by atoms with Crippen LogP contribution in [0.1, 0.15) is 161 Å². The number of ether oxygens (including phenoxy) is 12. The van der Waals surface area contributed by atoms with E-state index >= 15 is 0 Å². The molecule has 0 radical (unpaired) electrons. The van der Waals surface area contributed by atoms with E-state index in [1.165, 1.54) is 97.1 Å². The molecular weight excluding hydrogens is 1720 g/mol. The molecule has 28 nitrogen and oxygen atoms in total. The van der Waals surface area contributed by atoms with Gasteiger partial charge in [0.15, 0.2) is 23.0 Å². The Morgan fingerprint density at radius 2 is 0.299 bits per heavy atom. The molecule has 0 fully saturated rings. The molecule has 0 aliphatic carbocycles. The minimum Gasteiger partial charge on any atom is -0.489 e. The van der Waals surface area contributed by atoms with Crippen molar-refractivity contribution in [2.45, 2.75) is 79.3 Å². The summed E-state index contributed by atoms with van der Waals surface area (Å²) in [6.07, 6.45) is 3.67. The number of aromatic carboxylic acids is 8. The third-order valence-corrected chi connectivity index (χ3v) is 20.6. The van der Waals surface area contributed by atoms with Crippen LogP contribution in [-0.2, 0) is 79.3 Å². The van der Waals surface area contributed by atoms with Crippen molar-refractivity contribution in [3.05, 3.63) is 426 Å². The summed E-state index contributed by atoms with van der Waals surface area (Å²) in [5.74, 6) is -4.82. The molecule has 0 bridgehead atoms. The lowest BCUT2D eigenvalue weighted by molar-refractivity contribution is 0.0686. The lowest BCUT2D eigenvalue weighted by Gasteiger charge is -2.17. The van der Waals surface area contributed by atoms with Gasteiger partial charge in [0.05, 0.1) is 44.5 Å². The van der Waals surface area contributed by atoms with Crippen molar-refractivity contribution in [3.8, 4) is 69.0 Å². The van der Waals surface area contributed by atoms with E-state index in [1.807, 2.05) is 24.3 Å². The summed E-state index contributed by atoms with van der Waals surface area (Å²) in [4.78, 5) is 94.0. The Labute approximate surface area is 766 Å². The van der Waals surface area contributed by atoms with Gasteiger partial charge in [0.25, 0.3) is 0 Å². The minimum atomic E-state index is -1.09. The first-order chi connectivity index (χ1) is 64.8. The Balaban J connectivity index is 0.805. The van der Waals surface area contributed by atoms with Gasteiger partial charge in [-0.1, -0.05) is 121 Å². The summed E-state index contributed by atoms with van der Waals surface area (Å²) in [5, 5.41) is 76.8. The van der Waals surface area contributed by atoms with Crippen LogP contribution in [0.2, 0.25) is 0 Å². The van der Waals surface area contributed by atoms with Crippen molar-refractivity contribution < 1.29 is 136 Å². The first kappa shape index (κ1) is 92.4. The Kier molecular flexibility index (Phi) is 30.5. The standard InChI is InChI=1S/C106H84O28/c107-99(108)79-21-3-67(4-22-79)53-123-87-39-75(40-88(49-87)124-54-68-5-23-80(24-6-68)100(109)110)61-131-95-37-19-65(47-97(95)133-63-77-43-91(127-57-71-11-29-83(30-12-71)103(115)116)51-92(44-77)128-58-72-13-31-84(32-14-72)104(117)118)1-2-66-20-38-96(132-62-76-41-89(125-55-69-7-25-81(26-8-69)101(111)112)50-90(42-76)126-56-70-9-27-82(28-10-70)102(113)114)98(48-66)134-64-78-45-93(129-59-73-15-33-85(34-16-73)105(119)120)52-94(46-78)130-60-74-17-35-86(36-18-74)106(121)122/h1-52H,53-64H2,(H,107,108)(H,109,110)(H,111,112)(H,113,114)(H,115,116)(H,117,118)(H,119,120)(H,121,122)/b2-1+. The van der Waals surface area contributed by atoms with E-state index in [-0.39, 0.29) is 147 Å². The average molecular weight is 1810 g/mol. The van der Waals surface area contributed by atoms with Gasteiger partial charge in [-0.05, 0) is 248 Å². The molecule has 0 saturated heterocycles. The smallest absolute Gasteiger partial charge is 0.335 e. The number of benzene rings is 14. The molecule has 0 unspecified atom stereocenters. The van der Waals surface area contributed by atoms with Crippen LogP contribution in [0.25, 0.3) is 12.2 Å². The molecule has 0 aliphatic rings. The molecule has 0 aliphatic heterocycles. The van der Waals surface area contributed by atoms with Gasteiger partial charge in [0.1, 0.15) is 125 Å². The second kappa shape index (κ2) is 44.3. The van der Waals surface area contributed by atoms with Crippen LogP contribution in [0.4, 0.5) is 0 Å². The SMILES string of the molecule is O=C(O)c1ccc(COc2cc(COc3ccc(/C=C/c4ccc(OCc5cc(OCc6ccc(C(=O)O)cc6)cc(OCc6ccc(C(=O)O)cc6)c5)c(OCc5cc(OCc6ccc(C(=O)O)cc6)cc(OCc6ccc(C(=O)O)cc6)c5)c4)cc3OCc3cc(OCc4ccc(C(=O)O)cc4)cc(OCc4ccc(C(=O)O)cc4)c3)cc(OCc3ccc(C(=O)O)cc3)c2)cc1. The van der Waals surface area contributed by atoms with E-state index in [0.29, 0.717) is 124 Å². The fourth-order valence-corrected chi connectivity index (χ4v) is 13.4. The molecule has 676 valence electrons. The van der Waals surface area contributed by atoms with Crippen LogP contribution < -0.4 is 56.8 Å². The number of rotatable bonds is 46. The molecule has 0 saturated carbocycles. The maximum Gasteiger partial charge on any atom is 0.335 e. The van der Waals surface area contributed by atoms with Gasteiger partial charge in [0.2, 0.25) is 0 Å². The number of carboxylic acids is 8. The molecule has 8 N–H and O–H groups in total. The Bertz CT molecular complexity index is 5880. The molecule has 28 heteroatoms. The fraction of sp³-hybridized carbons (Fsp3) is 0.113. The molecule has 0 atom stereocenters. The third kappa shape index (κ3) is 26.9. The highest BCUT2D eigenvalue weighted by atomic mass is 16.5. The van der Waals surface area contributed by atoms with Gasteiger partial charge in [-0.15, -0.1) is 0 Å². The molecule has 0 amide bonds. The van der Waals surface area contributed by atoms with Crippen molar-refractivity contribution in [2.24, 2.45) is 0 Å². The molecular formula is C106H84O28. The second-order valence-electron chi connectivity index (χ2n) is 30.5. The summed E-state index contributed by atoms with van der Waals surface area (Å²) < 4.78 is 77.8. The monoisotopic (exact) mass is 1800 g/mol. The van der Waals surface area contributed by atoms with E-state index in [1.54, 1.807) is 194 Å². The van der Waals surface area contributed by atoms with Crippen LogP contribution in [0.3, 0.4) is 0 Å². The Morgan fingerprint density at radius 1 is 0.157 bits per heavy atom. The topological polar surface area (TPSA) is 409 Å². The highest BCUT2D eigenvalue weighted by molar-refractivity contribution is 5.91. The summed E-state index contributed by atoms with van der Waals surface area (Å²) in [6, 6.07) is 81.2. The zero-order valence-corrected chi connectivity index (χ0v) is 71.3. The quantitative estimate of drug-likeness (QED) is 0.0164. The predicted octanol–water partition coefficient (Wildman–Crippen LogP) is 20.4. The highest BCUT2D eigenvalue weighted by Crippen LogP contribution is 2.38. The van der Waals surface area contributed by atoms with Gasteiger partial charge in [-0.25, -0.2) is 38.4 Å². The van der Waals surface area contributed by atoms with Gasteiger partial charge in [0, 0.05) is 24.3 Å². The van der Waals surface area contributed by atoms with Crippen molar-refractivity contribution >= 4 is 59.9 Å². The van der Waals surface area contributed by atoms with Gasteiger partial charge < -0.3 is 97.7 Å². The van der Waals surface area contributed by atoms with E-state index in [2.05, 4.69) is 0 Å². The molecule has 0 aromatic heterocycles. The number of hydrogen-bond acceptors (Lipinski definition) is 20. The summed E-state index contributed by atoms with van der Waals surface area (Å²) in [7, 11) is 0. The van der Waals surface area contributed by atoms with E-state index in [0.717, 1.165) is 0 Å². The van der Waals surface area contributed by atoms with Gasteiger partial charge >= 0.3 is 47.8 Å². The Hall–Kier alpha value is -17.8. The average Bonchev–Trinajstić information content (AvgIpc) is 0.835. The van der Waals surface area contributed by atoms with Crippen molar-refractivity contribution in [3.63, 3.8) is 0 Å². The van der Waals surface area contributed by atoms with Gasteiger partial charge in [-0.2, -0.15) is 0 Å². The van der Waals surface area contributed by atoms with Crippen molar-refractivity contribution in [1.82, 2.24) is 0 Å². The predicted molar refractivity (Wildman–Crippen MR) is 487 cm³/mol. The van der Waals surface area contributed by atoms with Crippen LogP contribution >= 0.6 is 0 Å². The maximum absolute atomic E-state index is 11.8. The van der Waals surface area contributed by atoms with E-state index < -0.39 is 47.8 Å². The molecule has 0 heterocycles. The maximum atomic E-state index is 11.8. The zero-order chi connectivity index (χ0) is 94.0. The van der Waals surface area contributed by atoms with Crippen molar-refractivity contribution in [2.75, 3.05) is 0 Å². The second-order valence-corrected chi connectivity index (χ2v) is 30.5. The largest absolute Gasteiger partial charge is 0.489 e. The number of hydrogen-bond donors (Lipinski definition) is 8. The molecule has 14 aromatic carbocycles. The van der Waals surface area contributed by atoms with Crippen LogP contribution in [0, 0.1) is 0 Å². The molecule has 0 spiro atoms. The van der Waals surface area contributed by atoms with Crippen molar-refractivity contribution in [1.29, 1.82) is 0 Å². The van der Waals surface area contributed by atoms with Crippen LogP contribution in [-0.4, -0.2) is 88.6 Å². The first-order valence-corrected chi connectivity index (χ1v) is 41.5. The number of carbonyl (C=O) groups is 8. The zero-order valence-electron chi connectivity index (χ0n) is 71.3. The van der Waals surface area contributed by atoms with Gasteiger partial charge in [-0.3, -0.25) is 0 Å².